The van der Waals surface area contributed by atoms with Crippen LogP contribution in [0.25, 0.3) is 10.2 Å². The standard InChI is InChI=1S/C30H36N8OS/c1-19-17-40-28-26(19)27(34-25-9-7-8-24(33-25)30(2,3)18-31)35-29(36-28)32-20-10-11-22(23(16-20)39-6)38-14-12-21(13-15-38)37(4)5/h7-11,16-17,21H,12-15H2,1-6H3,(H2,32,33,34,35,36). The first-order valence-corrected chi connectivity index (χ1v) is 14.3. The van der Waals surface area contributed by atoms with E-state index in [1.807, 2.05) is 51.1 Å². The molecule has 40 heavy (non-hydrogen) atoms. The predicted molar refractivity (Wildman–Crippen MR) is 164 cm³/mol. The van der Waals surface area contributed by atoms with Gasteiger partial charge in [-0.25, -0.2) is 9.97 Å². The first-order valence-electron chi connectivity index (χ1n) is 13.5. The molecule has 1 aliphatic heterocycles. The molecule has 0 aliphatic carbocycles. The minimum Gasteiger partial charge on any atom is -0.495 e. The summed E-state index contributed by atoms with van der Waals surface area (Å²) in [5, 5.41) is 19.4. The fourth-order valence-corrected chi connectivity index (χ4v) is 5.95. The third-order valence-electron chi connectivity index (χ3n) is 7.50. The Morgan fingerprint density at radius 2 is 1.88 bits per heavy atom. The zero-order valence-electron chi connectivity index (χ0n) is 23.9. The van der Waals surface area contributed by atoms with Gasteiger partial charge in [0, 0.05) is 30.9 Å². The second kappa shape index (κ2) is 11.3. The molecule has 5 rings (SSSR count). The van der Waals surface area contributed by atoms with Gasteiger partial charge in [-0.2, -0.15) is 10.2 Å². The maximum absolute atomic E-state index is 9.56. The number of aryl methyl sites for hydroxylation is 1. The molecule has 0 atom stereocenters. The molecule has 2 N–H and O–H groups in total. The Balaban J connectivity index is 1.41. The normalized spacial score (nSPS) is 14.4. The van der Waals surface area contributed by atoms with E-state index in [2.05, 4.69) is 52.0 Å². The summed E-state index contributed by atoms with van der Waals surface area (Å²) in [5.41, 5.74) is 3.04. The number of benzene rings is 1. The molecule has 0 spiro atoms. The molecular weight excluding hydrogens is 520 g/mol. The van der Waals surface area contributed by atoms with Crippen LogP contribution in [0.5, 0.6) is 5.75 Å². The molecule has 208 valence electrons. The summed E-state index contributed by atoms with van der Waals surface area (Å²) in [7, 11) is 6.02. The maximum atomic E-state index is 9.56. The van der Waals surface area contributed by atoms with Gasteiger partial charge in [-0.05, 0) is 82.9 Å². The summed E-state index contributed by atoms with van der Waals surface area (Å²) in [4.78, 5) is 19.9. The number of fused-ring (bicyclic) bond motifs is 1. The third-order valence-corrected chi connectivity index (χ3v) is 8.49. The van der Waals surface area contributed by atoms with Crippen LogP contribution in [-0.2, 0) is 5.41 Å². The number of aromatic nitrogens is 3. The Morgan fingerprint density at radius 3 is 2.58 bits per heavy atom. The van der Waals surface area contributed by atoms with E-state index in [1.165, 1.54) is 0 Å². The van der Waals surface area contributed by atoms with E-state index in [-0.39, 0.29) is 0 Å². The van der Waals surface area contributed by atoms with Crippen LogP contribution in [0.4, 0.5) is 29.0 Å². The van der Waals surface area contributed by atoms with Gasteiger partial charge < -0.3 is 25.2 Å². The van der Waals surface area contributed by atoms with Crippen molar-refractivity contribution in [2.24, 2.45) is 0 Å². The molecule has 0 bridgehead atoms. The molecule has 1 aliphatic rings. The first-order chi connectivity index (χ1) is 19.2. The van der Waals surface area contributed by atoms with Gasteiger partial charge >= 0.3 is 0 Å². The number of hydrogen-bond donors (Lipinski definition) is 2. The Kier molecular flexibility index (Phi) is 7.79. The number of ether oxygens (including phenoxy) is 1. The second-order valence-corrected chi connectivity index (χ2v) is 11.8. The Bertz CT molecular complexity index is 1550. The van der Waals surface area contributed by atoms with Gasteiger partial charge in [0.1, 0.15) is 22.2 Å². The minimum absolute atomic E-state index is 0.479. The molecular formula is C30H36N8OS. The zero-order valence-corrected chi connectivity index (χ0v) is 24.8. The van der Waals surface area contributed by atoms with Crippen molar-refractivity contribution in [3.05, 3.63) is 53.0 Å². The number of nitrogens with zero attached hydrogens (tertiary/aromatic N) is 6. The number of rotatable bonds is 8. The molecule has 0 radical (unpaired) electrons. The highest BCUT2D eigenvalue weighted by molar-refractivity contribution is 7.17. The molecule has 10 heteroatoms. The van der Waals surface area contributed by atoms with Crippen LogP contribution >= 0.6 is 11.3 Å². The van der Waals surface area contributed by atoms with Gasteiger partial charge in [-0.3, -0.25) is 0 Å². The summed E-state index contributed by atoms with van der Waals surface area (Å²) in [6, 6.07) is 14.7. The molecule has 0 unspecified atom stereocenters. The number of piperidine rings is 1. The molecule has 1 fully saturated rings. The molecule has 1 aromatic carbocycles. The molecule has 4 aromatic rings. The summed E-state index contributed by atoms with van der Waals surface area (Å²) >= 11 is 1.58. The number of hydrogen-bond acceptors (Lipinski definition) is 10. The van der Waals surface area contributed by atoms with Crippen molar-refractivity contribution in [2.45, 2.75) is 45.1 Å². The van der Waals surface area contributed by atoms with Gasteiger partial charge in [-0.15, -0.1) is 11.3 Å². The van der Waals surface area contributed by atoms with Gasteiger partial charge in [0.05, 0.1) is 35.4 Å². The molecule has 9 nitrogen and oxygen atoms in total. The number of nitriles is 1. The predicted octanol–water partition coefficient (Wildman–Crippen LogP) is 6.22. The average Bonchev–Trinajstić information content (AvgIpc) is 3.33. The lowest BCUT2D eigenvalue weighted by Crippen LogP contribution is -2.42. The van der Waals surface area contributed by atoms with Crippen molar-refractivity contribution < 1.29 is 4.74 Å². The third kappa shape index (κ3) is 5.67. The van der Waals surface area contributed by atoms with Crippen molar-refractivity contribution in [1.82, 2.24) is 19.9 Å². The van der Waals surface area contributed by atoms with Crippen LogP contribution in [-0.4, -0.2) is 60.2 Å². The van der Waals surface area contributed by atoms with Crippen LogP contribution in [0.2, 0.25) is 0 Å². The van der Waals surface area contributed by atoms with E-state index >= 15 is 0 Å². The van der Waals surface area contributed by atoms with Gasteiger partial charge in [0.2, 0.25) is 5.95 Å². The van der Waals surface area contributed by atoms with Crippen LogP contribution in [0.3, 0.4) is 0 Å². The van der Waals surface area contributed by atoms with Crippen molar-refractivity contribution >= 4 is 50.5 Å². The molecule has 4 heterocycles. The molecule has 0 saturated carbocycles. The van der Waals surface area contributed by atoms with E-state index in [0.717, 1.165) is 58.8 Å². The Labute approximate surface area is 239 Å². The van der Waals surface area contributed by atoms with E-state index in [9.17, 15) is 5.26 Å². The zero-order chi connectivity index (χ0) is 28.4. The minimum atomic E-state index is -0.697. The first kappa shape index (κ1) is 27.6. The van der Waals surface area contributed by atoms with E-state index in [4.69, 9.17) is 19.7 Å². The lowest BCUT2D eigenvalue weighted by molar-refractivity contribution is 0.249. The van der Waals surface area contributed by atoms with Crippen molar-refractivity contribution in [3.8, 4) is 11.8 Å². The van der Waals surface area contributed by atoms with Crippen molar-refractivity contribution in [2.75, 3.05) is 49.8 Å². The fraction of sp³-hybridized carbons (Fsp3) is 0.400. The fourth-order valence-electron chi connectivity index (χ4n) is 5.03. The van der Waals surface area contributed by atoms with Crippen molar-refractivity contribution in [1.29, 1.82) is 5.26 Å². The maximum Gasteiger partial charge on any atom is 0.230 e. The summed E-state index contributed by atoms with van der Waals surface area (Å²) in [5.74, 6) is 2.59. The van der Waals surface area contributed by atoms with Crippen LogP contribution in [0.15, 0.2) is 41.8 Å². The number of thiophene rings is 1. The number of anilines is 5. The number of methoxy groups -OCH3 is 1. The highest BCUT2D eigenvalue weighted by Crippen LogP contribution is 2.36. The lowest BCUT2D eigenvalue weighted by atomic mass is 9.91. The number of nitrogens with one attached hydrogen (secondary N) is 2. The highest BCUT2D eigenvalue weighted by atomic mass is 32.1. The SMILES string of the molecule is COc1cc(Nc2nc(Nc3cccc(C(C)(C)C#N)n3)c3c(C)csc3n2)ccc1N1CCC(N(C)C)CC1. The van der Waals surface area contributed by atoms with Gasteiger partial charge in [-0.1, -0.05) is 6.07 Å². The average molecular weight is 557 g/mol. The Hall–Kier alpha value is -3.94. The smallest absolute Gasteiger partial charge is 0.230 e. The second-order valence-electron chi connectivity index (χ2n) is 11.0. The van der Waals surface area contributed by atoms with Crippen LogP contribution in [0.1, 0.15) is 37.9 Å². The Morgan fingerprint density at radius 1 is 1.10 bits per heavy atom. The van der Waals surface area contributed by atoms with E-state index < -0.39 is 5.41 Å². The van der Waals surface area contributed by atoms with Crippen LogP contribution in [0, 0.1) is 18.3 Å². The van der Waals surface area contributed by atoms with Crippen molar-refractivity contribution in [3.63, 3.8) is 0 Å². The topological polar surface area (TPSA) is 102 Å². The van der Waals surface area contributed by atoms with Crippen LogP contribution < -0.4 is 20.3 Å². The summed E-state index contributed by atoms with van der Waals surface area (Å²) in [6.45, 7) is 7.77. The largest absolute Gasteiger partial charge is 0.495 e. The lowest BCUT2D eigenvalue weighted by Gasteiger charge is -2.37. The highest BCUT2D eigenvalue weighted by Gasteiger charge is 2.24. The molecule has 0 amide bonds. The molecule has 1 saturated heterocycles. The quantitative estimate of drug-likeness (QED) is 0.262. The molecule has 3 aromatic heterocycles. The summed E-state index contributed by atoms with van der Waals surface area (Å²) in [6.07, 6.45) is 2.26. The summed E-state index contributed by atoms with van der Waals surface area (Å²) < 4.78 is 5.80. The monoisotopic (exact) mass is 556 g/mol. The van der Waals surface area contributed by atoms with Gasteiger partial charge in [0.15, 0.2) is 0 Å². The van der Waals surface area contributed by atoms with E-state index in [1.54, 1.807) is 18.4 Å². The van der Waals surface area contributed by atoms with E-state index in [0.29, 0.717) is 29.3 Å². The number of pyridine rings is 1. The van der Waals surface area contributed by atoms with Gasteiger partial charge in [0.25, 0.3) is 0 Å².